The molecule has 1 aliphatic rings. The van der Waals surface area contributed by atoms with Gasteiger partial charge in [-0.1, -0.05) is 39.0 Å². The molecule has 1 atom stereocenters. The lowest BCUT2D eigenvalue weighted by molar-refractivity contribution is -0.123. The second kappa shape index (κ2) is 7.86. The predicted molar refractivity (Wildman–Crippen MR) is 118 cm³/mol. The van der Waals surface area contributed by atoms with Crippen LogP contribution in [0.5, 0.6) is 5.75 Å². The molecule has 6 nitrogen and oxygen atoms in total. The van der Waals surface area contributed by atoms with E-state index < -0.39 is 23.1 Å². The van der Waals surface area contributed by atoms with Crippen molar-refractivity contribution in [2.75, 3.05) is 31.0 Å². The van der Waals surface area contributed by atoms with Gasteiger partial charge < -0.3 is 14.7 Å². The van der Waals surface area contributed by atoms with Crippen molar-refractivity contribution in [1.82, 2.24) is 0 Å². The number of Topliss-reactive ketones (excluding diaryl/α,β-unsaturated/α-hetero) is 1. The molecule has 2 aromatic carbocycles. The smallest absolute Gasteiger partial charge is 0.294 e. The Morgan fingerprint density at radius 2 is 1.67 bits per heavy atom. The molecule has 1 unspecified atom stereocenters. The second-order valence-electron chi connectivity index (χ2n) is 8.57. The van der Waals surface area contributed by atoms with E-state index in [-0.39, 0.29) is 11.4 Å². The van der Waals surface area contributed by atoms with Crippen LogP contribution in [-0.2, 0) is 9.59 Å². The van der Waals surface area contributed by atoms with Crippen LogP contribution in [0, 0.1) is 5.41 Å². The fourth-order valence-corrected chi connectivity index (χ4v) is 3.61. The lowest BCUT2D eigenvalue weighted by atomic mass is 9.82. The molecule has 3 rings (SSSR count). The van der Waals surface area contributed by atoms with Gasteiger partial charge in [0.15, 0.2) is 11.5 Å². The zero-order valence-electron chi connectivity index (χ0n) is 18.3. The summed E-state index contributed by atoms with van der Waals surface area (Å²) in [5.74, 6) is -0.852. The van der Waals surface area contributed by atoms with Gasteiger partial charge in [0.2, 0.25) is 0 Å². The molecule has 0 saturated heterocycles. The fraction of sp³-hybridized carbons (Fsp3) is 0.333. The fourth-order valence-electron chi connectivity index (χ4n) is 3.61. The van der Waals surface area contributed by atoms with E-state index in [9.17, 15) is 14.7 Å². The van der Waals surface area contributed by atoms with Crippen LogP contribution in [0.15, 0.2) is 59.9 Å². The maximum Gasteiger partial charge on any atom is 0.294 e. The van der Waals surface area contributed by atoms with Gasteiger partial charge in [0.05, 0.1) is 18.7 Å². The van der Waals surface area contributed by atoms with E-state index in [1.165, 1.54) is 4.90 Å². The minimum absolute atomic E-state index is 0.0914. The molecule has 1 amide bonds. The number of carbonyl (C=O) groups is 2. The molecule has 0 radical (unpaired) electrons. The van der Waals surface area contributed by atoms with Crippen molar-refractivity contribution < 1.29 is 19.4 Å². The Hall–Kier alpha value is -3.28. The maximum absolute atomic E-state index is 13.3. The SMILES string of the molecule is COc1ccccc1C1C(C(=O)C(C)(C)C)=C(O)C(=O)N1c1ccc(N(C)C)cc1. The van der Waals surface area contributed by atoms with E-state index in [0.717, 1.165) is 5.69 Å². The molecule has 1 N–H and O–H groups in total. The lowest BCUT2D eigenvalue weighted by Crippen LogP contribution is -2.33. The van der Waals surface area contributed by atoms with E-state index in [0.29, 0.717) is 17.0 Å². The molecule has 158 valence electrons. The number of aliphatic hydroxyl groups is 1. The summed E-state index contributed by atoms with van der Waals surface area (Å²) in [6.07, 6.45) is 0. The summed E-state index contributed by atoms with van der Waals surface area (Å²) in [5, 5.41) is 10.8. The molecule has 1 heterocycles. The number of ether oxygens (including phenoxy) is 1. The first-order chi connectivity index (χ1) is 14.1. The Labute approximate surface area is 177 Å². The minimum Gasteiger partial charge on any atom is -0.503 e. The number of hydrogen-bond donors (Lipinski definition) is 1. The topological polar surface area (TPSA) is 70.1 Å². The first-order valence-corrected chi connectivity index (χ1v) is 9.79. The molecular weight excluding hydrogens is 380 g/mol. The van der Waals surface area contributed by atoms with Crippen LogP contribution in [0.2, 0.25) is 0 Å². The Balaban J connectivity index is 2.21. The van der Waals surface area contributed by atoms with Crippen LogP contribution < -0.4 is 14.5 Å². The Kier molecular flexibility index (Phi) is 5.61. The first kappa shape index (κ1) is 21.4. The molecule has 6 heteroatoms. The van der Waals surface area contributed by atoms with E-state index in [4.69, 9.17) is 4.74 Å². The van der Waals surface area contributed by atoms with Crippen LogP contribution in [0.4, 0.5) is 11.4 Å². The molecule has 0 saturated carbocycles. The summed E-state index contributed by atoms with van der Waals surface area (Å²) in [6.45, 7) is 5.32. The van der Waals surface area contributed by atoms with Crippen molar-refractivity contribution >= 4 is 23.1 Å². The molecule has 0 bridgehead atoms. The largest absolute Gasteiger partial charge is 0.503 e. The van der Waals surface area contributed by atoms with E-state index in [2.05, 4.69) is 0 Å². The van der Waals surface area contributed by atoms with Crippen LogP contribution >= 0.6 is 0 Å². The molecular formula is C24H28N2O4. The standard InChI is InChI=1S/C24H28N2O4/c1-24(2,3)22(28)19-20(17-9-7-8-10-18(17)30-6)26(23(29)21(19)27)16-13-11-15(12-14-16)25(4)5/h7-14,20,27H,1-6H3. The first-order valence-electron chi connectivity index (χ1n) is 9.79. The molecule has 0 aromatic heterocycles. The van der Waals surface area contributed by atoms with Crippen molar-refractivity contribution in [2.45, 2.75) is 26.8 Å². The summed E-state index contributed by atoms with van der Waals surface area (Å²) in [6, 6.07) is 13.9. The molecule has 30 heavy (non-hydrogen) atoms. The van der Waals surface area contributed by atoms with Crippen LogP contribution in [0.3, 0.4) is 0 Å². The number of carbonyl (C=O) groups excluding carboxylic acids is 2. The van der Waals surface area contributed by atoms with Crippen molar-refractivity contribution in [2.24, 2.45) is 5.41 Å². The summed E-state index contributed by atoms with van der Waals surface area (Å²) in [5.41, 5.74) is 1.52. The van der Waals surface area contributed by atoms with Gasteiger partial charge in [0, 0.05) is 36.4 Å². The van der Waals surface area contributed by atoms with Crippen LogP contribution in [0.25, 0.3) is 0 Å². The number of ketones is 1. The van der Waals surface area contributed by atoms with E-state index in [1.54, 1.807) is 33.9 Å². The van der Waals surface area contributed by atoms with Crippen molar-refractivity contribution in [3.05, 3.63) is 65.4 Å². The van der Waals surface area contributed by atoms with Gasteiger partial charge in [0.1, 0.15) is 5.75 Å². The number of anilines is 2. The number of methoxy groups -OCH3 is 1. The summed E-state index contributed by atoms with van der Waals surface area (Å²) >= 11 is 0. The third-order valence-electron chi connectivity index (χ3n) is 5.21. The Morgan fingerprint density at radius 1 is 1.07 bits per heavy atom. The average Bonchev–Trinajstić information content (AvgIpc) is 2.97. The number of nitrogens with zero attached hydrogens (tertiary/aromatic N) is 2. The van der Waals surface area contributed by atoms with E-state index >= 15 is 0 Å². The zero-order chi connectivity index (χ0) is 22.2. The van der Waals surface area contributed by atoms with Gasteiger partial charge in [-0.15, -0.1) is 0 Å². The van der Waals surface area contributed by atoms with Gasteiger partial charge >= 0.3 is 0 Å². The van der Waals surface area contributed by atoms with Crippen LogP contribution in [0.1, 0.15) is 32.4 Å². The van der Waals surface area contributed by atoms with Crippen molar-refractivity contribution in [3.63, 3.8) is 0 Å². The molecule has 2 aromatic rings. The van der Waals surface area contributed by atoms with Gasteiger partial charge in [-0.3, -0.25) is 14.5 Å². The number of aliphatic hydroxyl groups excluding tert-OH is 1. The zero-order valence-corrected chi connectivity index (χ0v) is 18.3. The monoisotopic (exact) mass is 408 g/mol. The second-order valence-corrected chi connectivity index (χ2v) is 8.57. The molecule has 0 spiro atoms. The normalized spacial score (nSPS) is 16.8. The number of rotatable bonds is 5. The van der Waals surface area contributed by atoms with Gasteiger partial charge in [-0.2, -0.15) is 0 Å². The highest BCUT2D eigenvalue weighted by atomic mass is 16.5. The summed E-state index contributed by atoms with van der Waals surface area (Å²) in [4.78, 5) is 29.9. The third kappa shape index (κ3) is 3.65. The number of amides is 1. The Morgan fingerprint density at radius 3 is 2.20 bits per heavy atom. The maximum atomic E-state index is 13.3. The van der Waals surface area contributed by atoms with Crippen molar-refractivity contribution in [3.8, 4) is 5.75 Å². The quantitative estimate of drug-likeness (QED) is 0.800. The van der Waals surface area contributed by atoms with Gasteiger partial charge in [-0.25, -0.2) is 0 Å². The highest BCUT2D eigenvalue weighted by Gasteiger charge is 2.47. The number of hydrogen-bond acceptors (Lipinski definition) is 5. The summed E-state index contributed by atoms with van der Waals surface area (Å²) in [7, 11) is 5.41. The third-order valence-corrected chi connectivity index (χ3v) is 5.21. The average molecular weight is 408 g/mol. The van der Waals surface area contributed by atoms with Gasteiger partial charge in [-0.05, 0) is 30.3 Å². The number of para-hydroxylation sites is 1. The Bertz CT molecular complexity index is 1000. The molecule has 1 aliphatic heterocycles. The van der Waals surface area contributed by atoms with Crippen molar-refractivity contribution in [1.29, 1.82) is 0 Å². The highest BCUT2D eigenvalue weighted by Crippen LogP contribution is 2.45. The van der Waals surface area contributed by atoms with Crippen LogP contribution in [-0.4, -0.2) is 38.0 Å². The molecule has 0 aliphatic carbocycles. The van der Waals surface area contributed by atoms with Gasteiger partial charge in [0.25, 0.3) is 5.91 Å². The highest BCUT2D eigenvalue weighted by molar-refractivity contribution is 6.17. The minimum atomic E-state index is -0.786. The number of benzene rings is 2. The summed E-state index contributed by atoms with van der Waals surface area (Å²) < 4.78 is 5.52. The van der Waals surface area contributed by atoms with E-state index in [1.807, 2.05) is 61.5 Å². The lowest BCUT2D eigenvalue weighted by Gasteiger charge is -2.30. The molecule has 0 fully saturated rings. The predicted octanol–water partition coefficient (Wildman–Crippen LogP) is 4.28.